The molecule has 5 rings (SSSR count). The molecule has 0 heterocycles. The summed E-state index contributed by atoms with van der Waals surface area (Å²) in [5, 5.41) is 3.37. The lowest BCUT2D eigenvalue weighted by molar-refractivity contribution is -0.146. The van der Waals surface area contributed by atoms with Crippen molar-refractivity contribution < 1.29 is 4.79 Å². The van der Waals surface area contributed by atoms with Crippen LogP contribution in [0.4, 0.5) is 5.69 Å². The van der Waals surface area contributed by atoms with Crippen molar-refractivity contribution in [2.75, 3.05) is 39.6 Å². The number of carbonyl (C=O) groups excluding carboxylic acids is 1. The van der Waals surface area contributed by atoms with Gasteiger partial charge in [0.05, 0.1) is 6.04 Å². The summed E-state index contributed by atoms with van der Waals surface area (Å²) in [6.45, 7) is 0.689. The predicted octanol–water partition coefficient (Wildman–Crippen LogP) is 3.69. The monoisotopic (exact) mass is 369 g/mol. The number of nitrogens with zero attached hydrogens (tertiary/aromatic N) is 2. The van der Waals surface area contributed by atoms with Crippen LogP contribution in [-0.2, 0) is 4.79 Å². The fourth-order valence-electron chi connectivity index (χ4n) is 6.36. The fourth-order valence-corrected chi connectivity index (χ4v) is 6.36. The van der Waals surface area contributed by atoms with Gasteiger partial charge < -0.3 is 15.1 Å². The van der Waals surface area contributed by atoms with Crippen LogP contribution < -0.4 is 10.2 Å². The molecule has 1 N–H and O–H groups in total. The number of hydrogen-bond acceptors (Lipinski definition) is 3. The van der Waals surface area contributed by atoms with Gasteiger partial charge in [0.25, 0.3) is 0 Å². The van der Waals surface area contributed by atoms with E-state index in [1.165, 1.54) is 30.5 Å². The highest BCUT2D eigenvalue weighted by Gasteiger charge is 2.54. The Morgan fingerprint density at radius 1 is 1.00 bits per heavy atom. The summed E-state index contributed by atoms with van der Waals surface area (Å²) in [6.07, 6.45) is 7.54. The number of nitrogens with one attached hydrogen (secondary N) is 1. The molecule has 4 nitrogen and oxygen atoms in total. The molecule has 4 aliphatic rings. The van der Waals surface area contributed by atoms with Crippen molar-refractivity contribution in [2.45, 2.75) is 44.6 Å². The van der Waals surface area contributed by atoms with E-state index >= 15 is 0 Å². The number of anilines is 1. The number of benzene rings is 1. The Morgan fingerprint density at radius 2 is 1.52 bits per heavy atom. The molecule has 0 radical (unpaired) electrons. The lowest BCUT2D eigenvalue weighted by Gasteiger charge is -2.55. The number of likely N-dealkylation sites (N-methyl/N-ethyl adjacent to an activating group) is 1. The summed E-state index contributed by atoms with van der Waals surface area (Å²) in [5.41, 5.74) is 2.41. The van der Waals surface area contributed by atoms with Gasteiger partial charge in [-0.1, -0.05) is 12.1 Å². The van der Waals surface area contributed by atoms with E-state index in [4.69, 9.17) is 0 Å². The summed E-state index contributed by atoms with van der Waals surface area (Å²) >= 11 is 0. The smallest absolute Gasteiger partial charge is 0.226 e. The van der Waals surface area contributed by atoms with Crippen molar-refractivity contribution in [1.29, 1.82) is 0 Å². The van der Waals surface area contributed by atoms with Crippen molar-refractivity contribution in [2.24, 2.45) is 23.2 Å². The second kappa shape index (κ2) is 7.12. The van der Waals surface area contributed by atoms with Gasteiger partial charge in [0.15, 0.2) is 0 Å². The zero-order valence-electron chi connectivity index (χ0n) is 17.4. The maximum atomic E-state index is 13.3. The van der Waals surface area contributed by atoms with Crippen molar-refractivity contribution in [3.63, 3.8) is 0 Å². The largest absolute Gasteiger partial charge is 0.378 e. The van der Waals surface area contributed by atoms with E-state index in [9.17, 15) is 4.79 Å². The van der Waals surface area contributed by atoms with E-state index in [1.54, 1.807) is 0 Å². The lowest BCUT2D eigenvalue weighted by Crippen LogP contribution is -2.54. The molecule has 1 amide bonds. The van der Waals surface area contributed by atoms with Crippen LogP contribution in [0.2, 0.25) is 0 Å². The third kappa shape index (κ3) is 3.61. The second-order valence-electron chi connectivity index (χ2n) is 9.87. The predicted molar refractivity (Wildman–Crippen MR) is 111 cm³/mol. The Balaban J connectivity index is 1.43. The molecule has 4 heteroatoms. The number of carbonyl (C=O) groups is 1. The molecule has 0 spiro atoms. The maximum absolute atomic E-state index is 13.3. The standard InChI is InChI=1S/C23H35N3O/c1-25(2)20-7-5-19(6-8-20)21(26(3)4)15-24-22(27)23-12-16-9-17(13-23)11-18(10-16)14-23/h5-8,16-18,21H,9-15H2,1-4H3,(H,24,27). The third-order valence-electron chi connectivity index (χ3n) is 7.39. The quantitative estimate of drug-likeness (QED) is 0.831. The molecule has 0 saturated heterocycles. The first-order valence-corrected chi connectivity index (χ1v) is 10.6. The normalized spacial score (nSPS) is 32.6. The minimum absolute atomic E-state index is 0.0552. The SMILES string of the molecule is CN(C)c1ccc(C(CNC(=O)C23CC4CC(CC(C4)C2)C3)N(C)C)cc1. The molecule has 1 unspecified atom stereocenters. The minimum atomic E-state index is -0.0552. The Morgan fingerprint density at radius 3 is 1.96 bits per heavy atom. The highest BCUT2D eigenvalue weighted by molar-refractivity contribution is 5.83. The van der Waals surface area contributed by atoms with Gasteiger partial charge >= 0.3 is 0 Å². The van der Waals surface area contributed by atoms with Crippen LogP contribution in [0.25, 0.3) is 0 Å². The molecule has 148 valence electrons. The van der Waals surface area contributed by atoms with E-state index in [0.717, 1.165) is 37.0 Å². The Labute approximate surface area is 164 Å². The number of rotatable bonds is 6. The minimum Gasteiger partial charge on any atom is -0.378 e. The molecule has 0 aliphatic heterocycles. The second-order valence-corrected chi connectivity index (χ2v) is 9.87. The van der Waals surface area contributed by atoms with Crippen LogP contribution in [-0.4, -0.2) is 45.5 Å². The van der Waals surface area contributed by atoms with E-state index in [-0.39, 0.29) is 11.5 Å². The van der Waals surface area contributed by atoms with Gasteiger partial charge in [0, 0.05) is 31.7 Å². The first-order chi connectivity index (χ1) is 12.9. The van der Waals surface area contributed by atoms with Crippen LogP contribution in [0.3, 0.4) is 0 Å². The molecule has 1 aromatic rings. The molecule has 1 aromatic carbocycles. The molecular formula is C23H35N3O. The molecule has 0 aromatic heterocycles. The van der Waals surface area contributed by atoms with Crippen LogP contribution in [0.5, 0.6) is 0 Å². The van der Waals surface area contributed by atoms with Crippen LogP contribution in [0.1, 0.15) is 50.1 Å². The van der Waals surface area contributed by atoms with E-state index in [2.05, 4.69) is 67.6 Å². The highest BCUT2D eigenvalue weighted by Crippen LogP contribution is 2.60. The lowest BCUT2D eigenvalue weighted by atomic mass is 9.49. The van der Waals surface area contributed by atoms with Crippen molar-refractivity contribution in [3.8, 4) is 0 Å². The van der Waals surface area contributed by atoms with E-state index in [0.29, 0.717) is 12.5 Å². The van der Waals surface area contributed by atoms with Crippen molar-refractivity contribution >= 4 is 11.6 Å². The average Bonchev–Trinajstić information content (AvgIpc) is 2.60. The molecule has 1 atom stereocenters. The first-order valence-electron chi connectivity index (χ1n) is 10.6. The van der Waals surface area contributed by atoms with Gasteiger partial charge in [-0.2, -0.15) is 0 Å². The fraction of sp³-hybridized carbons (Fsp3) is 0.696. The summed E-state index contributed by atoms with van der Waals surface area (Å²) in [5.74, 6) is 2.76. The summed E-state index contributed by atoms with van der Waals surface area (Å²) < 4.78 is 0. The molecule has 27 heavy (non-hydrogen) atoms. The van der Waals surface area contributed by atoms with E-state index in [1.807, 2.05) is 0 Å². The van der Waals surface area contributed by atoms with Gasteiger partial charge in [0.1, 0.15) is 0 Å². The third-order valence-corrected chi connectivity index (χ3v) is 7.39. The molecule has 4 aliphatic carbocycles. The van der Waals surface area contributed by atoms with Crippen LogP contribution in [0, 0.1) is 23.2 Å². The summed E-state index contributed by atoms with van der Waals surface area (Å²) in [4.78, 5) is 17.6. The first kappa shape index (κ1) is 18.8. The van der Waals surface area contributed by atoms with Crippen LogP contribution >= 0.6 is 0 Å². The Kier molecular flexibility index (Phi) is 4.96. The Bertz CT molecular complexity index is 644. The average molecular weight is 370 g/mol. The summed E-state index contributed by atoms with van der Waals surface area (Å²) in [7, 11) is 8.32. The maximum Gasteiger partial charge on any atom is 0.226 e. The van der Waals surface area contributed by atoms with Crippen molar-refractivity contribution in [3.05, 3.63) is 29.8 Å². The van der Waals surface area contributed by atoms with Gasteiger partial charge in [-0.05, 0) is 88.1 Å². The molecule has 4 saturated carbocycles. The Hall–Kier alpha value is -1.55. The van der Waals surface area contributed by atoms with Gasteiger partial charge in [0.2, 0.25) is 5.91 Å². The number of amides is 1. The number of hydrogen-bond donors (Lipinski definition) is 1. The van der Waals surface area contributed by atoms with Gasteiger partial charge in [-0.3, -0.25) is 4.79 Å². The topological polar surface area (TPSA) is 35.6 Å². The molecule has 4 fully saturated rings. The van der Waals surface area contributed by atoms with Gasteiger partial charge in [-0.25, -0.2) is 0 Å². The molecular weight excluding hydrogens is 334 g/mol. The zero-order chi connectivity index (χ0) is 19.2. The van der Waals surface area contributed by atoms with Crippen molar-refractivity contribution in [1.82, 2.24) is 10.2 Å². The van der Waals surface area contributed by atoms with Crippen LogP contribution in [0.15, 0.2) is 24.3 Å². The van der Waals surface area contributed by atoms with E-state index < -0.39 is 0 Å². The molecule has 4 bridgehead atoms. The zero-order valence-corrected chi connectivity index (χ0v) is 17.4. The highest BCUT2D eigenvalue weighted by atomic mass is 16.2. The summed E-state index contributed by atoms with van der Waals surface area (Å²) in [6, 6.07) is 8.91. The van der Waals surface area contributed by atoms with Gasteiger partial charge in [-0.15, -0.1) is 0 Å².